The van der Waals surface area contributed by atoms with Gasteiger partial charge in [-0.2, -0.15) is 0 Å². The predicted molar refractivity (Wildman–Crippen MR) is 81.5 cm³/mol. The number of aryl methyl sites for hydroxylation is 1. The number of rotatable bonds is 6. The number of hydrogen-bond acceptors (Lipinski definition) is 2. The summed E-state index contributed by atoms with van der Waals surface area (Å²) in [7, 11) is 0. The maximum atomic E-state index is 12.1. The van der Waals surface area contributed by atoms with Crippen LogP contribution in [0.5, 0.6) is 0 Å². The number of ketones is 1. The Kier molecular flexibility index (Phi) is 5.31. The largest absolute Gasteiger partial charge is 0.373 e. The molecule has 3 atom stereocenters. The van der Waals surface area contributed by atoms with Gasteiger partial charge in [-0.3, -0.25) is 4.79 Å². The van der Waals surface area contributed by atoms with Gasteiger partial charge in [0, 0.05) is 6.42 Å². The van der Waals surface area contributed by atoms with Crippen molar-refractivity contribution >= 4 is 5.78 Å². The van der Waals surface area contributed by atoms with Crippen LogP contribution in [0, 0.1) is 5.92 Å². The van der Waals surface area contributed by atoms with Gasteiger partial charge in [0.2, 0.25) is 0 Å². The van der Waals surface area contributed by atoms with Crippen molar-refractivity contribution in [3.63, 3.8) is 0 Å². The van der Waals surface area contributed by atoms with Gasteiger partial charge in [-0.05, 0) is 24.8 Å². The van der Waals surface area contributed by atoms with E-state index in [-0.39, 0.29) is 23.9 Å². The molecule has 106 valence electrons. The molecule has 2 heteroatoms. The zero-order valence-electron chi connectivity index (χ0n) is 11.8. The monoisotopic (exact) mass is 270 g/mol. The summed E-state index contributed by atoms with van der Waals surface area (Å²) in [5.41, 5.74) is 1.28. The Morgan fingerprint density at radius 2 is 2.00 bits per heavy atom. The Balaban J connectivity index is 2.00. The van der Waals surface area contributed by atoms with E-state index in [0.29, 0.717) is 6.42 Å². The minimum absolute atomic E-state index is 0.0167. The molecule has 0 aliphatic carbocycles. The van der Waals surface area contributed by atoms with Crippen LogP contribution in [0.1, 0.15) is 24.8 Å². The molecular weight excluding hydrogens is 248 g/mol. The Labute approximate surface area is 121 Å². The lowest BCUT2D eigenvalue weighted by molar-refractivity contribution is -0.142. The topological polar surface area (TPSA) is 26.3 Å². The molecule has 0 amide bonds. The standard InChI is InChI=1S/C18H22O2/c1-3-8-15-13-17(19)16(4-2)18(20-15)12-11-14-9-6-5-7-10-14/h3-7,9-10,15-16,18H,1-2,8,11-13H2/t15-,16+,18+/m0/s1. The molecule has 20 heavy (non-hydrogen) atoms. The van der Waals surface area contributed by atoms with Crippen LogP contribution in [0.15, 0.2) is 55.6 Å². The predicted octanol–water partition coefficient (Wildman–Crippen LogP) is 3.72. The van der Waals surface area contributed by atoms with Crippen LogP contribution >= 0.6 is 0 Å². The maximum absolute atomic E-state index is 12.1. The first kappa shape index (κ1) is 14.7. The van der Waals surface area contributed by atoms with Crippen molar-refractivity contribution in [2.45, 2.75) is 37.9 Å². The highest BCUT2D eigenvalue weighted by Gasteiger charge is 2.34. The van der Waals surface area contributed by atoms with Crippen LogP contribution in [0.3, 0.4) is 0 Å². The van der Waals surface area contributed by atoms with Crippen molar-refractivity contribution in [3.8, 4) is 0 Å². The number of hydrogen-bond donors (Lipinski definition) is 0. The van der Waals surface area contributed by atoms with Gasteiger partial charge in [0.15, 0.2) is 0 Å². The van der Waals surface area contributed by atoms with Gasteiger partial charge in [-0.1, -0.05) is 42.5 Å². The van der Waals surface area contributed by atoms with Gasteiger partial charge in [0.1, 0.15) is 5.78 Å². The van der Waals surface area contributed by atoms with Crippen LogP contribution in [0.25, 0.3) is 0 Å². The number of Topliss-reactive ketones (excluding diaryl/α,β-unsaturated/α-hetero) is 1. The Hall–Kier alpha value is -1.67. The van der Waals surface area contributed by atoms with Crippen molar-refractivity contribution < 1.29 is 9.53 Å². The second-order valence-electron chi connectivity index (χ2n) is 5.28. The van der Waals surface area contributed by atoms with E-state index in [1.165, 1.54) is 5.56 Å². The molecule has 0 spiro atoms. The lowest BCUT2D eigenvalue weighted by atomic mass is 9.86. The first-order valence-corrected chi connectivity index (χ1v) is 7.20. The van der Waals surface area contributed by atoms with Gasteiger partial charge in [0.25, 0.3) is 0 Å². The van der Waals surface area contributed by atoms with Crippen LogP contribution in [-0.4, -0.2) is 18.0 Å². The lowest BCUT2D eigenvalue weighted by Crippen LogP contribution is -2.40. The van der Waals surface area contributed by atoms with Crippen molar-refractivity contribution in [2.75, 3.05) is 0 Å². The third kappa shape index (κ3) is 3.67. The third-order valence-electron chi connectivity index (χ3n) is 3.81. The Morgan fingerprint density at radius 3 is 2.65 bits per heavy atom. The van der Waals surface area contributed by atoms with E-state index < -0.39 is 0 Å². The molecule has 0 radical (unpaired) electrons. The number of carbonyl (C=O) groups is 1. The molecule has 1 aliphatic rings. The lowest BCUT2D eigenvalue weighted by Gasteiger charge is -2.34. The van der Waals surface area contributed by atoms with Crippen LogP contribution in [0.4, 0.5) is 0 Å². The summed E-state index contributed by atoms with van der Waals surface area (Å²) in [5.74, 6) is 0.0796. The summed E-state index contributed by atoms with van der Waals surface area (Å²) in [4.78, 5) is 12.1. The molecule has 0 N–H and O–H groups in total. The summed E-state index contributed by atoms with van der Waals surface area (Å²) < 4.78 is 6.06. The molecule has 0 unspecified atom stereocenters. The summed E-state index contributed by atoms with van der Waals surface area (Å²) >= 11 is 0. The van der Waals surface area contributed by atoms with Crippen LogP contribution in [0.2, 0.25) is 0 Å². The summed E-state index contributed by atoms with van der Waals surface area (Å²) in [6.07, 6.45) is 6.46. The molecule has 2 rings (SSSR count). The van der Waals surface area contributed by atoms with Gasteiger partial charge in [-0.15, -0.1) is 13.2 Å². The summed E-state index contributed by atoms with van der Waals surface area (Å²) in [5, 5.41) is 0. The van der Waals surface area contributed by atoms with E-state index in [4.69, 9.17) is 4.74 Å². The first-order chi connectivity index (χ1) is 9.74. The van der Waals surface area contributed by atoms with E-state index in [1.807, 2.05) is 24.3 Å². The highest BCUT2D eigenvalue weighted by Crippen LogP contribution is 2.28. The number of ether oxygens (including phenoxy) is 1. The highest BCUT2D eigenvalue weighted by molar-refractivity contribution is 5.84. The first-order valence-electron chi connectivity index (χ1n) is 7.20. The fraction of sp³-hybridized carbons (Fsp3) is 0.389. The Bertz CT molecular complexity index is 464. The zero-order chi connectivity index (χ0) is 14.4. The van der Waals surface area contributed by atoms with E-state index >= 15 is 0 Å². The van der Waals surface area contributed by atoms with Crippen molar-refractivity contribution in [2.24, 2.45) is 5.92 Å². The molecule has 1 aromatic rings. The fourth-order valence-corrected chi connectivity index (χ4v) is 2.76. The molecular formula is C18H22O2. The van der Waals surface area contributed by atoms with E-state index in [9.17, 15) is 4.79 Å². The van der Waals surface area contributed by atoms with Crippen molar-refractivity contribution in [3.05, 3.63) is 61.2 Å². The molecule has 0 bridgehead atoms. The smallest absolute Gasteiger partial charge is 0.144 e. The molecule has 1 aliphatic heterocycles. The second-order valence-corrected chi connectivity index (χ2v) is 5.28. The molecule has 1 saturated heterocycles. The van der Waals surface area contributed by atoms with Gasteiger partial charge >= 0.3 is 0 Å². The molecule has 1 fully saturated rings. The number of benzene rings is 1. The van der Waals surface area contributed by atoms with Gasteiger partial charge in [-0.25, -0.2) is 0 Å². The molecule has 0 saturated carbocycles. The highest BCUT2D eigenvalue weighted by atomic mass is 16.5. The average Bonchev–Trinajstić information content (AvgIpc) is 2.46. The summed E-state index contributed by atoms with van der Waals surface area (Å²) in [6.45, 7) is 7.52. The van der Waals surface area contributed by atoms with Gasteiger partial charge in [0.05, 0.1) is 18.1 Å². The van der Waals surface area contributed by atoms with Crippen LogP contribution in [-0.2, 0) is 16.0 Å². The second kappa shape index (κ2) is 7.20. The molecule has 1 aromatic carbocycles. The van der Waals surface area contributed by atoms with Crippen LogP contribution < -0.4 is 0 Å². The minimum atomic E-state index is -0.167. The third-order valence-corrected chi connectivity index (χ3v) is 3.81. The van der Waals surface area contributed by atoms with E-state index in [0.717, 1.165) is 19.3 Å². The maximum Gasteiger partial charge on any atom is 0.144 e. The van der Waals surface area contributed by atoms with E-state index in [2.05, 4.69) is 25.3 Å². The molecule has 1 heterocycles. The van der Waals surface area contributed by atoms with Crippen molar-refractivity contribution in [1.29, 1.82) is 0 Å². The van der Waals surface area contributed by atoms with Crippen molar-refractivity contribution in [1.82, 2.24) is 0 Å². The Morgan fingerprint density at radius 1 is 1.25 bits per heavy atom. The fourth-order valence-electron chi connectivity index (χ4n) is 2.76. The average molecular weight is 270 g/mol. The normalized spacial score (nSPS) is 26.2. The molecule has 0 aromatic heterocycles. The number of carbonyl (C=O) groups excluding carboxylic acids is 1. The zero-order valence-corrected chi connectivity index (χ0v) is 11.8. The summed E-state index contributed by atoms with van der Waals surface area (Å²) in [6, 6.07) is 10.3. The molecule has 2 nitrogen and oxygen atoms in total. The van der Waals surface area contributed by atoms with Gasteiger partial charge < -0.3 is 4.74 Å². The quantitative estimate of drug-likeness (QED) is 0.736. The van der Waals surface area contributed by atoms with E-state index in [1.54, 1.807) is 6.08 Å². The minimum Gasteiger partial charge on any atom is -0.373 e. The SMILES string of the molecule is C=CC[C@H]1CC(=O)[C@@H](C=C)[C@@H](CCc2ccccc2)O1.